The molecular weight excluding hydrogens is 370 g/mol. The minimum Gasteiger partial charge on any atom is -0.497 e. The van der Waals surface area contributed by atoms with Gasteiger partial charge in [-0.05, 0) is 69.3 Å². The van der Waals surface area contributed by atoms with Crippen LogP contribution in [0.5, 0.6) is 5.75 Å². The summed E-state index contributed by atoms with van der Waals surface area (Å²) >= 11 is 6.20. The molecular formula is C23H30ClN3O. The van der Waals surface area contributed by atoms with E-state index in [0.717, 1.165) is 52.8 Å². The zero-order chi connectivity index (χ0) is 20.1. The van der Waals surface area contributed by atoms with Crippen molar-refractivity contribution < 1.29 is 4.74 Å². The second-order valence-corrected chi connectivity index (χ2v) is 7.70. The van der Waals surface area contributed by atoms with Crippen LogP contribution in [0.1, 0.15) is 33.1 Å². The third kappa shape index (κ3) is 4.50. The fourth-order valence-electron chi connectivity index (χ4n) is 3.85. The van der Waals surface area contributed by atoms with Gasteiger partial charge in [0.25, 0.3) is 0 Å². The molecule has 1 N–H and O–H groups in total. The number of nitrogens with zero attached hydrogens (tertiary/aromatic N) is 2. The predicted octanol–water partition coefficient (Wildman–Crippen LogP) is 5.97. The molecule has 1 heterocycles. The highest BCUT2D eigenvalue weighted by molar-refractivity contribution is 6.31. The quantitative estimate of drug-likeness (QED) is 0.355. The van der Waals surface area contributed by atoms with Crippen LogP contribution in [0, 0.1) is 0 Å². The van der Waals surface area contributed by atoms with Crippen LogP contribution in [-0.2, 0) is 0 Å². The highest BCUT2D eigenvalue weighted by Crippen LogP contribution is 2.34. The summed E-state index contributed by atoms with van der Waals surface area (Å²) in [4.78, 5) is 7.25. The first-order valence-corrected chi connectivity index (χ1v) is 10.5. The molecule has 0 radical (unpaired) electrons. The van der Waals surface area contributed by atoms with E-state index in [1.165, 1.54) is 12.8 Å². The van der Waals surface area contributed by atoms with E-state index in [9.17, 15) is 0 Å². The molecule has 0 aliphatic carbocycles. The van der Waals surface area contributed by atoms with Crippen LogP contribution >= 0.6 is 11.6 Å². The summed E-state index contributed by atoms with van der Waals surface area (Å²) in [6.45, 7) is 6.50. The second-order valence-electron chi connectivity index (χ2n) is 7.26. The summed E-state index contributed by atoms with van der Waals surface area (Å²) in [5.41, 5.74) is 2.94. The fourth-order valence-corrected chi connectivity index (χ4v) is 4.02. The summed E-state index contributed by atoms with van der Waals surface area (Å²) in [5.74, 6) is 0.833. The summed E-state index contributed by atoms with van der Waals surface area (Å²) in [5, 5.41) is 6.52. The van der Waals surface area contributed by atoms with Gasteiger partial charge in [0.2, 0.25) is 0 Å². The normalized spacial score (nSPS) is 11.7. The molecule has 0 saturated heterocycles. The summed E-state index contributed by atoms with van der Waals surface area (Å²) in [6.07, 6.45) is 3.47. The number of rotatable bonds is 9. The number of fused-ring (bicyclic) bond motifs is 2. The highest BCUT2D eigenvalue weighted by atomic mass is 35.5. The second kappa shape index (κ2) is 9.44. The average Bonchev–Trinajstić information content (AvgIpc) is 2.70. The van der Waals surface area contributed by atoms with Gasteiger partial charge in [-0.3, -0.25) is 0 Å². The van der Waals surface area contributed by atoms with Crippen LogP contribution in [0.2, 0.25) is 5.02 Å². The van der Waals surface area contributed by atoms with Gasteiger partial charge in [0.1, 0.15) is 5.75 Å². The Hall–Kier alpha value is -2.04. The molecule has 0 amide bonds. The molecule has 150 valence electrons. The summed E-state index contributed by atoms with van der Waals surface area (Å²) in [7, 11) is 3.91. The van der Waals surface area contributed by atoms with Crippen LogP contribution in [0.15, 0.2) is 36.4 Å². The van der Waals surface area contributed by atoms with Crippen molar-refractivity contribution in [2.24, 2.45) is 0 Å². The zero-order valence-corrected chi connectivity index (χ0v) is 18.0. The van der Waals surface area contributed by atoms with Gasteiger partial charge in [-0.2, -0.15) is 0 Å². The van der Waals surface area contributed by atoms with Gasteiger partial charge >= 0.3 is 0 Å². The smallest absolute Gasteiger partial charge is 0.119 e. The standard InChI is InChI=1S/C23H30ClN3O/c1-5-17(6-2)27(3)13-7-12-25-23-19-10-8-16(24)14-22(19)26-21-11-9-18(28-4)15-20(21)23/h8-11,14-15,17H,5-7,12-13H2,1-4H3,(H,25,26). The van der Waals surface area contributed by atoms with Gasteiger partial charge in [-0.15, -0.1) is 0 Å². The third-order valence-electron chi connectivity index (χ3n) is 5.50. The van der Waals surface area contributed by atoms with Gasteiger partial charge in [-0.25, -0.2) is 4.98 Å². The van der Waals surface area contributed by atoms with Crippen LogP contribution in [0.4, 0.5) is 5.69 Å². The molecule has 3 rings (SSSR count). The first kappa shape index (κ1) is 20.7. The van der Waals surface area contributed by atoms with Crippen molar-refractivity contribution in [3.05, 3.63) is 41.4 Å². The Balaban J connectivity index is 1.86. The Morgan fingerprint density at radius 2 is 1.86 bits per heavy atom. The van der Waals surface area contributed by atoms with Gasteiger partial charge in [-0.1, -0.05) is 25.4 Å². The van der Waals surface area contributed by atoms with Gasteiger partial charge in [0.05, 0.1) is 23.8 Å². The van der Waals surface area contributed by atoms with Crippen molar-refractivity contribution >= 4 is 39.1 Å². The number of aromatic nitrogens is 1. The van der Waals surface area contributed by atoms with Gasteiger partial charge in [0.15, 0.2) is 0 Å². The Morgan fingerprint density at radius 3 is 2.57 bits per heavy atom. The number of methoxy groups -OCH3 is 1. The number of ether oxygens (including phenoxy) is 1. The number of hydrogen-bond donors (Lipinski definition) is 1. The Labute approximate surface area is 172 Å². The van der Waals surface area contributed by atoms with Crippen LogP contribution in [0.3, 0.4) is 0 Å². The lowest BCUT2D eigenvalue weighted by molar-refractivity contribution is 0.229. The SMILES string of the molecule is CCC(CC)N(C)CCCNc1c2ccc(Cl)cc2nc2ccc(OC)cc12. The van der Waals surface area contributed by atoms with Crippen molar-refractivity contribution in [1.29, 1.82) is 0 Å². The molecule has 1 aromatic heterocycles. The maximum atomic E-state index is 6.20. The third-order valence-corrected chi connectivity index (χ3v) is 5.73. The van der Waals surface area contributed by atoms with Crippen LogP contribution < -0.4 is 10.1 Å². The van der Waals surface area contributed by atoms with E-state index in [1.54, 1.807) is 7.11 Å². The zero-order valence-electron chi connectivity index (χ0n) is 17.3. The molecule has 28 heavy (non-hydrogen) atoms. The van der Waals surface area contributed by atoms with Crippen molar-refractivity contribution in [3.8, 4) is 5.75 Å². The molecule has 0 aliphatic heterocycles. The molecule has 0 bridgehead atoms. The first-order valence-electron chi connectivity index (χ1n) is 10.1. The molecule has 4 nitrogen and oxygen atoms in total. The number of pyridine rings is 1. The highest BCUT2D eigenvalue weighted by Gasteiger charge is 2.12. The summed E-state index contributed by atoms with van der Waals surface area (Å²) < 4.78 is 5.43. The molecule has 3 aromatic rings. The van der Waals surface area contributed by atoms with E-state index >= 15 is 0 Å². The Kier molecular flexibility index (Phi) is 6.97. The molecule has 0 fully saturated rings. The largest absolute Gasteiger partial charge is 0.497 e. The van der Waals surface area contributed by atoms with E-state index in [0.29, 0.717) is 11.1 Å². The Bertz CT molecular complexity index is 940. The van der Waals surface area contributed by atoms with Gasteiger partial charge in [0, 0.05) is 28.4 Å². The maximum absolute atomic E-state index is 6.20. The van der Waals surface area contributed by atoms with E-state index in [-0.39, 0.29) is 0 Å². The Morgan fingerprint density at radius 1 is 1.07 bits per heavy atom. The molecule has 5 heteroatoms. The maximum Gasteiger partial charge on any atom is 0.119 e. The number of nitrogens with one attached hydrogen (secondary N) is 1. The number of hydrogen-bond acceptors (Lipinski definition) is 4. The van der Waals surface area contributed by atoms with Crippen molar-refractivity contribution in [3.63, 3.8) is 0 Å². The van der Waals surface area contributed by atoms with Crippen LogP contribution in [0.25, 0.3) is 21.8 Å². The minimum absolute atomic E-state index is 0.661. The monoisotopic (exact) mass is 399 g/mol. The lowest BCUT2D eigenvalue weighted by Crippen LogP contribution is -2.32. The van der Waals surface area contributed by atoms with Gasteiger partial charge < -0.3 is 15.0 Å². The van der Waals surface area contributed by atoms with E-state index in [1.807, 2.05) is 30.3 Å². The molecule has 0 atom stereocenters. The van der Waals surface area contributed by atoms with Crippen molar-refractivity contribution in [2.75, 3.05) is 32.6 Å². The number of anilines is 1. The van der Waals surface area contributed by atoms with Crippen LogP contribution in [-0.4, -0.2) is 43.2 Å². The molecule has 2 aromatic carbocycles. The lowest BCUT2D eigenvalue weighted by Gasteiger charge is -2.26. The molecule has 0 unspecified atom stereocenters. The van der Waals surface area contributed by atoms with Crippen molar-refractivity contribution in [1.82, 2.24) is 9.88 Å². The van der Waals surface area contributed by atoms with E-state index < -0.39 is 0 Å². The number of halogens is 1. The summed E-state index contributed by atoms with van der Waals surface area (Å²) in [6, 6.07) is 12.5. The average molecular weight is 400 g/mol. The fraction of sp³-hybridized carbons (Fsp3) is 0.435. The topological polar surface area (TPSA) is 37.4 Å². The molecule has 0 saturated carbocycles. The molecule has 0 spiro atoms. The predicted molar refractivity (Wildman–Crippen MR) is 121 cm³/mol. The molecule has 0 aliphatic rings. The lowest BCUT2D eigenvalue weighted by atomic mass is 10.1. The van der Waals surface area contributed by atoms with E-state index in [4.69, 9.17) is 21.3 Å². The number of benzene rings is 2. The van der Waals surface area contributed by atoms with E-state index in [2.05, 4.69) is 37.2 Å². The minimum atomic E-state index is 0.661. The first-order chi connectivity index (χ1) is 13.6. The van der Waals surface area contributed by atoms with Crippen molar-refractivity contribution in [2.45, 2.75) is 39.2 Å².